The lowest BCUT2D eigenvalue weighted by Gasteiger charge is -2.25. The molecule has 76 valence electrons. The van der Waals surface area contributed by atoms with Gasteiger partial charge in [-0.15, -0.1) is 0 Å². The summed E-state index contributed by atoms with van der Waals surface area (Å²) in [7, 11) is 0. The Morgan fingerprint density at radius 1 is 1.71 bits per heavy atom. The molecule has 0 fully saturated rings. The van der Waals surface area contributed by atoms with Crippen LogP contribution in [0.25, 0.3) is 0 Å². The summed E-state index contributed by atoms with van der Waals surface area (Å²) in [5.41, 5.74) is 5.73. The smallest absolute Gasteiger partial charge is 0.241 e. The van der Waals surface area contributed by atoms with Crippen LogP contribution in [-0.4, -0.2) is 29.4 Å². The fourth-order valence-corrected chi connectivity index (χ4v) is 1.34. The highest BCUT2D eigenvalue weighted by atomic mass is 16.2. The molecule has 0 radical (unpaired) electrons. The number of carbonyl (C=O) groups is 1. The first-order valence-electron chi connectivity index (χ1n) is 4.70. The Labute approximate surface area is 84.0 Å². The van der Waals surface area contributed by atoms with Gasteiger partial charge < -0.3 is 10.6 Å². The minimum Gasteiger partial charge on any atom is -0.320 e. The number of amides is 1. The molecule has 0 saturated carbocycles. The molecule has 4 heteroatoms. The SMILES string of the molecule is CC(C)[C@H](N)C(=O)N1CC=C[C@H]1C#N. The molecule has 2 atom stereocenters. The summed E-state index contributed by atoms with van der Waals surface area (Å²) >= 11 is 0. The molecular formula is C10H15N3O. The van der Waals surface area contributed by atoms with Crippen molar-refractivity contribution in [1.29, 1.82) is 5.26 Å². The number of nitrogens with two attached hydrogens (primary N) is 1. The van der Waals surface area contributed by atoms with Gasteiger partial charge in [0.2, 0.25) is 5.91 Å². The fourth-order valence-electron chi connectivity index (χ4n) is 1.34. The third-order valence-electron chi connectivity index (χ3n) is 2.37. The summed E-state index contributed by atoms with van der Waals surface area (Å²) in [6.07, 6.45) is 3.55. The van der Waals surface area contributed by atoms with Crippen LogP contribution < -0.4 is 5.73 Å². The first-order valence-corrected chi connectivity index (χ1v) is 4.70. The average Bonchev–Trinajstić information content (AvgIpc) is 2.62. The van der Waals surface area contributed by atoms with Crippen LogP contribution in [0, 0.1) is 17.2 Å². The third kappa shape index (κ3) is 1.94. The molecule has 0 saturated heterocycles. The van der Waals surface area contributed by atoms with E-state index in [9.17, 15) is 4.79 Å². The molecule has 0 aromatic carbocycles. The maximum Gasteiger partial charge on any atom is 0.241 e. The highest BCUT2D eigenvalue weighted by Crippen LogP contribution is 2.12. The molecule has 0 bridgehead atoms. The lowest BCUT2D eigenvalue weighted by Crippen LogP contribution is -2.48. The summed E-state index contributed by atoms with van der Waals surface area (Å²) in [6, 6.07) is 1.11. The summed E-state index contributed by atoms with van der Waals surface area (Å²) in [5.74, 6) is -0.0426. The van der Waals surface area contributed by atoms with E-state index in [1.807, 2.05) is 19.9 Å². The van der Waals surface area contributed by atoms with Gasteiger partial charge in [0.25, 0.3) is 0 Å². The van der Waals surface area contributed by atoms with Gasteiger partial charge in [0.15, 0.2) is 0 Å². The molecule has 1 aliphatic heterocycles. The van der Waals surface area contributed by atoms with E-state index >= 15 is 0 Å². The Morgan fingerprint density at radius 2 is 2.36 bits per heavy atom. The topological polar surface area (TPSA) is 70.1 Å². The molecule has 2 N–H and O–H groups in total. The summed E-state index contributed by atoms with van der Waals surface area (Å²) < 4.78 is 0. The maximum absolute atomic E-state index is 11.8. The Kier molecular flexibility index (Phi) is 3.26. The van der Waals surface area contributed by atoms with Gasteiger partial charge in [-0.3, -0.25) is 4.79 Å². The zero-order valence-corrected chi connectivity index (χ0v) is 8.47. The predicted octanol–water partition coefficient (Wildman–Crippen LogP) is 0.260. The quantitative estimate of drug-likeness (QED) is 0.639. The van der Waals surface area contributed by atoms with Crippen LogP contribution in [0.15, 0.2) is 12.2 Å². The number of nitriles is 1. The molecule has 4 nitrogen and oxygen atoms in total. The maximum atomic E-state index is 11.8. The van der Waals surface area contributed by atoms with E-state index in [1.54, 1.807) is 6.08 Å². The Bertz CT molecular complexity index is 290. The second-order valence-electron chi connectivity index (χ2n) is 3.76. The van der Waals surface area contributed by atoms with Gasteiger partial charge >= 0.3 is 0 Å². The standard InChI is InChI=1S/C10H15N3O/c1-7(2)9(12)10(14)13-5-3-4-8(13)6-11/h3-4,7-9H,5,12H2,1-2H3/t8-,9-/m0/s1. The van der Waals surface area contributed by atoms with E-state index in [0.29, 0.717) is 6.54 Å². The minimum atomic E-state index is -0.509. The van der Waals surface area contributed by atoms with Crippen LogP contribution in [-0.2, 0) is 4.79 Å². The zero-order chi connectivity index (χ0) is 10.7. The Balaban J connectivity index is 2.67. The number of hydrogen-bond acceptors (Lipinski definition) is 3. The van der Waals surface area contributed by atoms with E-state index in [2.05, 4.69) is 6.07 Å². The van der Waals surface area contributed by atoms with Crippen molar-refractivity contribution in [2.75, 3.05) is 6.54 Å². The van der Waals surface area contributed by atoms with Crippen molar-refractivity contribution >= 4 is 5.91 Å². The van der Waals surface area contributed by atoms with Gasteiger partial charge in [-0.1, -0.05) is 19.9 Å². The van der Waals surface area contributed by atoms with E-state index in [1.165, 1.54) is 4.90 Å². The molecule has 0 aromatic rings. The second kappa shape index (κ2) is 4.25. The predicted molar refractivity (Wildman–Crippen MR) is 53.1 cm³/mol. The fraction of sp³-hybridized carbons (Fsp3) is 0.600. The summed E-state index contributed by atoms with van der Waals surface area (Å²) in [6.45, 7) is 4.29. The molecule has 0 spiro atoms. The van der Waals surface area contributed by atoms with E-state index in [0.717, 1.165) is 0 Å². The van der Waals surface area contributed by atoms with Crippen LogP contribution in [0.3, 0.4) is 0 Å². The second-order valence-corrected chi connectivity index (χ2v) is 3.76. The van der Waals surface area contributed by atoms with Crippen molar-refractivity contribution in [1.82, 2.24) is 4.90 Å². The van der Waals surface area contributed by atoms with Crippen LogP contribution in [0.1, 0.15) is 13.8 Å². The van der Waals surface area contributed by atoms with Crippen molar-refractivity contribution in [2.24, 2.45) is 11.7 Å². The number of rotatable bonds is 2. The van der Waals surface area contributed by atoms with E-state index in [4.69, 9.17) is 11.0 Å². The zero-order valence-electron chi connectivity index (χ0n) is 8.47. The number of hydrogen-bond donors (Lipinski definition) is 1. The van der Waals surface area contributed by atoms with Crippen LogP contribution in [0.4, 0.5) is 0 Å². The van der Waals surface area contributed by atoms with Gasteiger partial charge in [-0.2, -0.15) is 5.26 Å². The molecule has 0 unspecified atom stereocenters. The largest absolute Gasteiger partial charge is 0.320 e. The lowest BCUT2D eigenvalue weighted by molar-refractivity contribution is -0.133. The average molecular weight is 193 g/mol. The third-order valence-corrected chi connectivity index (χ3v) is 2.37. The summed E-state index contributed by atoms with van der Waals surface area (Å²) in [5, 5.41) is 8.77. The molecule has 1 heterocycles. The molecule has 1 rings (SSSR count). The van der Waals surface area contributed by atoms with Gasteiger partial charge in [-0.05, 0) is 12.0 Å². The van der Waals surface area contributed by atoms with Gasteiger partial charge in [0.1, 0.15) is 6.04 Å². The lowest BCUT2D eigenvalue weighted by atomic mass is 10.0. The number of nitrogens with zero attached hydrogens (tertiary/aromatic N) is 2. The number of carbonyl (C=O) groups excluding carboxylic acids is 1. The van der Waals surface area contributed by atoms with Crippen molar-refractivity contribution in [3.05, 3.63) is 12.2 Å². The molecule has 1 aliphatic rings. The normalized spacial score (nSPS) is 22.5. The molecule has 1 amide bonds. The molecule has 0 aliphatic carbocycles. The Hall–Kier alpha value is -1.34. The van der Waals surface area contributed by atoms with Crippen molar-refractivity contribution in [3.63, 3.8) is 0 Å². The first kappa shape index (κ1) is 10.7. The van der Waals surface area contributed by atoms with Gasteiger partial charge in [0.05, 0.1) is 12.1 Å². The van der Waals surface area contributed by atoms with Gasteiger partial charge in [-0.25, -0.2) is 0 Å². The van der Waals surface area contributed by atoms with E-state index < -0.39 is 12.1 Å². The van der Waals surface area contributed by atoms with Crippen molar-refractivity contribution in [3.8, 4) is 6.07 Å². The molecule has 14 heavy (non-hydrogen) atoms. The summed E-state index contributed by atoms with van der Waals surface area (Å²) in [4.78, 5) is 13.3. The van der Waals surface area contributed by atoms with E-state index in [-0.39, 0.29) is 11.8 Å². The minimum absolute atomic E-state index is 0.0995. The molecular weight excluding hydrogens is 178 g/mol. The van der Waals surface area contributed by atoms with Gasteiger partial charge in [0, 0.05) is 6.54 Å². The van der Waals surface area contributed by atoms with Crippen LogP contribution in [0.2, 0.25) is 0 Å². The van der Waals surface area contributed by atoms with Crippen molar-refractivity contribution < 1.29 is 4.79 Å². The highest BCUT2D eigenvalue weighted by Gasteiger charge is 2.29. The monoisotopic (exact) mass is 193 g/mol. The Morgan fingerprint density at radius 3 is 2.86 bits per heavy atom. The van der Waals surface area contributed by atoms with Crippen LogP contribution >= 0.6 is 0 Å². The van der Waals surface area contributed by atoms with Crippen molar-refractivity contribution in [2.45, 2.75) is 25.9 Å². The first-order chi connectivity index (χ1) is 6.57. The van der Waals surface area contributed by atoms with Crippen LogP contribution in [0.5, 0.6) is 0 Å². The molecule has 0 aromatic heterocycles. The highest BCUT2D eigenvalue weighted by molar-refractivity contribution is 5.83.